The normalized spacial score (nSPS) is 12.1. The summed E-state index contributed by atoms with van der Waals surface area (Å²) in [5, 5.41) is 0. The molecule has 0 aliphatic heterocycles. The van der Waals surface area contributed by atoms with Gasteiger partial charge in [0, 0.05) is 16.1 Å². The van der Waals surface area contributed by atoms with Gasteiger partial charge in [0.2, 0.25) is 5.78 Å². The van der Waals surface area contributed by atoms with Crippen LogP contribution in [0.25, 0.3) is 6.08 Å². The van der Waals surface area contributed by atoms with Crippen LogP contribution in [-0.2, 0) is 9.53 Å². The Balaban J connectivity index is 1.94. The third-order valence-corrected chi connectivity index (χ3v) is 3.53. The van der Waals surface area contributed by atoms with Gasteiger partial charge >= 0.3 is 5.97 Å². The molecular weight excluding hydrogens is 344 g/mol. The second kappa shape index (κ2) is 7.71. The van der Waals surface area contributed by atoms with E-state index in [1.165, 1.54) is 6.08 Å². The molecule has 4 heteroatoms. The molecule has 2 aromatic carbocycles. The van der Waals surface area contributed by atoms with E-state index in [4.69, 9.17) is 4.74 Å². The summed E-state index contributed by atoms with van der Waals surface area (Å²) in [4.78, 5) is 23.9. The Morgan fingerprint density at radius 2 is 1.68 bits per heavy atom. The van der Waals surface area contributed by atoms with Gasteiger partial charge in [-0.2, -0.15) is 0 Å². The number of ether oxygens (including phenoxy) is 1. The average molecular weight is 359 g/mol. The topological polar surface area (TPSA) is 43.4 Å². The lowest BCUT2D eigenvalue weighted by Crippen LogP contribution is -2.23. The molecule has 0 N–H and O–H groups in total. The van der Waals surface area contributed by atoms with E-state index in [1.54, 1.807) is 37.3 Å². The Labute approximate surface area is 137 Å². The molecule has 0 aliphatic rings. The third-order valence-electron chi connectivity index (χ3n) is 3.00. The van der Waals surface area contributed by atoms with Crippen molar-refractivity contribution in [3.63, 3.8) is 0 Å². The largest absolute Gasteiger partial charge is 0.451 e. The number of Topliss-reactive ketones (excluding diaryl/α,β-unsaturated/α-hetero) is 1. The Hall–Kier alpha value is -2.20. The Morgan fingerprint density at radius 1 is 1.05 bits per heavy atom. The molecule has 1 atom stereocenters. The van der Waals surface area contributed by atoms with Crippen molar-refractivity contribution in [2.75, 3.05) is 0 Å². The van der Waals surface area contributed by atoms with Crippen molar-refractivity contribution in [3.05, 3.63) is 76.3 Å². The molecule has 0 aromatic heterocycles. The van der Waals surface area contributed by atoms with Crippen LogP contribution in [-0.4, -0.2) is 17.9 Å². The van der Waals surface area contributed by atoms with Crippen molar-refractivity contribution >= 4 is 33.8 Å². The summed E-state index contributed by atoms with van der Waals surface area (Å²) in [7, 11) is 0. The molecule has 0 heterocycles. The van der Waals surface area contributed by atoms with Crippen molar-refractivity contribution in [2.45, 2.75) is 13.0 Å². The molecule has 0 radical (unpaired) electrons. The van der Waals surface area contributed by atoms with Gasteiger partial charge in [0.25, 0.3) is 0 Å². The number of hydrogen-bond acceptors (Lipinski definition) is 3. The minimum absolute atomic E-state index is 0.228. The first-order valence-electron chi connectivity index (χ1n) is 6.80. The van der Waals surface area contributed by atoms with Gasteiger partial charge in [-0.25, -0.2) is 4.79 Å². The Kier molecular flexibility index (Phi) is 5.67. The van der Waals surface area contributed by atoms with Gasteiger partial charge < -0.3 is 4.74 Å². The summed E-state index contributed by atoms with van der Waals surface area (Å²) in [6.45, 7) is 1.57. The fourth-order valence-corrected chi connectivity index (χ4v) is 2.11. The number of hydrogen-bond donors (Lipinski definition) is 0. The number of benzene rings is 2. The first kappa shape index (κ1) is 16.2. The average Bonchev–Trinajstić information content (AvgIpc) is 2.54. The summed E-state index contributed by atoms with van der Waals surface area (Å²) < 4.78 is 6.02. The lowest BCUT2D eigenvalue weighted by atomic mass is 10.1. The second-order valence-electron chi connectivity index (χ2n) is 4.69. The summed E-state index contributed by atoms with van der Waals surface area (Å²) in [5.74, 6) is -0.768. The van der Waals surface area contributed by atoms with E-state index in [2.05, 4.69) is 15.9 Å². The maximum absolute atomic E-state index is 12.1. The van der Waals surface area contributed by atoms with Gasteiger partial charge in [-0.1, -0.05) is 58.4 Å². The van der Waals surface area contributed by atoms with Gasteiger partial charge in [0.15, 0.2) is 6.10 Å². The van der Waals surface area contributed by atoms with Crippen molar-refractivity contribution in [3.8, 4) is 0 Å². The maximum atomic E-state index is 12.1. The number of halogens is 1. The fourth-order valence-electron chi connectivity index (χ4n) is 1.84. The molecule has 0 spiro atoms. The van der Waals surface area contributed by atoms with E-state index in [0.717, 1.165) is 10.0 Å². The zero-order valence-electron chi connectivity index (χ0n) is 12.0. The minimum Gasteiger partial charge on any atom is -0.451 e. The smallest absolute Gasteiger partial charge is 0.331 e. The highest BCUT2D eigenvalue weighted by molar-refractivity contribution is 9.10. The number of esters is 1. The predicted molar refractivity (Wildman–Crippen MR) is 89.5 cm³/mol. The van der Waals surface area contributed by atoms with Crippen LogP contribution in [0, 0.1) is 0 Å². The van der Waals surface area contributed by atoms with Crippen LogP contribution in [0.4, 0.5) is 0 Å². The van der Waals surface area contributed by atoms with Gasteiger partial charge in [-0.3, -0.25) is 4.79 Å². The van der Waals surface area contributed by atoms with E-state index < -0.39 is 12.1 Å². The van der Waals surface area contributed by atoms with Crippen LogP contribution in [0.15, 0.2) is 65.1 Å². The van der Waals surface area contributed by atoms with Crippen LogP contribution in [0.3, 0.4) is 0 Å². The second-order valence-corrected chi connectivity index (χ2v) is 5.61. The lowest BCUT2D eigenvalue weighted by molar-refractivity contribution is -0.140. The summed E-state index contributed by atoms with van der Waals surface area (Å²) >= 11 is 3.31. The summed E-state index contributed by atoms with van der Waals surface area (Å²) in [6.07, 6.45) is 2.15. The molecule has 0 saturated heterocycles. The third kappa shape index (κ3) is 4.67. The molecule has 0 unspecified atom stereocenters. The van der Waals surface area contributed by atoms with Crippen LogP contribution in [0.5, 0.6) is 0 Å². The zero-order valence-corrected chi connectivity index (χ0v) is 13.6. The molecule has 3 nitrogen and oxygen atoms in total. The first-order chi connectivity index (χ1) is 10.6. The highest BCUT2D eigenvalue weighted by Gasteiger charge is 2.18. The van der Waals surface area contributed by atoms with E-state index >= 15 is 0 Å². The fraction of sp³-hybridized carbons (Fsp3) is 0.111. The highest BCUT2D eigenvalue weighted by Crippen LogP contribution is 2.13. The maximum Gasteiger partial charge on any atom is 0.331 e. The SMILES string of the molecule is C[C@@H](OC(=O)/C=C/c1ccccc1)C(=O)c1ccc(Br)cc1. The first-order valence-corrected chi connectivity index (χ1v) is 7.59. The van der Waals surface area contributed by atoms with Crippen molar-refractivity contribution in [1.82, 2.24) is 0 Å². The van der Waals surface area contributed by atoms with E-state index in [0.29, 0.717) is 5.56 Å². The molecule has 0 amide bonds. The molecule has 0 bridgehead atoms. The molecule has 0 aliphatic carbocycles. The molecule has 2 aromatic rings. The standard InChI is InChI=1S/C18H15BrO3/c1-13(18(21)15-8-10-16(19)11-9-15)22-17(20)12-7-14-5-3-2-4-6-14/h2-13H,1H3/b12-7+/t13-/m1/s1. The van der Waals surface area contributed by atoms with Crippen LogP contribution in [0.2, 0.25) is 0 Å². The summed E-state index contributed by atoms with van der Waals surface area (Å²) in [6, 6.07) is 16.3. The lowest BCUT2D eigenvalue weighted by Gasteiger charge is -2.10. The van der Waals surface area contributed by atoms with Gasteiger partial charge in [0.1, 0.15) is 0 Å². The molecule has 0 fully saturated rings. The minimum atomic E-state index is -0.825. The van der Waals surface area contributed by atoms with Gasteiger partial charge in [-0.15, -0.1) is 0 Å². The van der Waals surface area contributed by atoms with E-state index in [1.807, 2.05) is 30.3 Å². The molecule has 22 heavy (non-hydrogen) atoms. The van der Waals surface area contributed by atoms with E-state index in [9.17, 15) is 9.59 Å². The number of carbonyl (C=O) groups excluding carboxylic acids is 2. The number of ketones is 1. The van der Waals surface area contributed by atoms with Crippen molar-refractivity contribution < 1.29 is 14.3 Å². The van der Waals surface area contributed by atoms with E-state index in [-0.39, 0.29) is 5.78 Å². The molecule has 0 saturated carbocycles. The number of rotatable bonds is 5. The van der Waals surface area contributed by atoms with Crippen LogP contribution in [0.1, 0.15) is 22.8 Å². The van der Waals surface area contributed by atoms with Crippen LogP contribution >= 0.6 is 15.9 Å². The summed E-state index contributed by atoms with van der Waals surface area (Å²) in [5.41, 5.74) is 1.40. The quantitative estimate of drug-likeness (QED) is 0.455. The molecule has 2 rings (SSSR count). The number of carbonyl (C=O) groups is 2. The Bertz CT molecular complexity index is 675. The van der Waals surface area contributed by atoms with Crippen molar-refractivity contribution in [1.29, 1.82) is 0 Å². The molecule has 112 valence electrons. The van der Waals surface area contributed by atoms with Crippen molar-refractivity contribution in [2.24, 2.45) is 0 Å². The van der Waals surface area contributed by atoms with Gasteiger partial charge in [0.05, 0.1) is 0 Å². The van der Waals surface area contributed by atoms with Crippen LogP contribution < -0.4 is 0 Å². The van der Waals surface area contributed by atoms with Gasteiger partial charge in [-0.05, 0) is 30.7 Å². The molecular formula is C18H15BrO3. The zero-order chi connectivity index (χ0) is 15.9. The Morgan fingerprint density at radius 3 is 2.32 bits per heavy atom. The highest BCUT2D eigenvalue weighted by atomic mass is 79.9. The predicted octanol–water partition coefficient (Wildman–Crippen LogP) is 4.28. The monoisotopic (exact) mass is 358 g/mol.